The Morgan fingerprint density at radius 3 is 1.75 bits per heavy atom. The molecule has 0 saturated heterocycles. The second-order valence-corrected chi connectivity index (χ2v) is 0.316. The number of aliphatic hydroxyl groups is 1. The van der Waals surface area contributed by atoms with Crippen LogP contribution in [0.5, 0.6) is 0 Å². The van der Waals surface area contributed by atoms with E-state index in [1.165, 1.54) is 0 Å². The van der Waals surface area contributed by atoms with Crippen molar-refractivity contribution in [3.05, 3.63) is 0 Å². The van der Waals surface area contributed by atoms with Crippen LogP contribution in [0.15, 0.2) is 0 Å². The van der Waals surface area contributed by atoms with E-state index in [0.29, 0.717) is 0 Å². The average molecular weight is 137 g/mol. The van der Waals surface area contributed by atoms with Gasteiger partial charge in [0.05, 0.1) is 0 Å². The largest absolute Gasteiger partial charge is 4.00 e. The van der Waals surface area contributed by atoms with Crippen molar-refractivity contribution in [3.63, 3.8) is 0 Å². The van der Waals surface area contributed by atoms with E-state index in [1.54, 1.807) is 6.92 Å². The van der Waals surface area contributed by atoms with Crippen molar-refractivity contribution in [1.29, 1.82) is 0 Å². The van der Waals surface area contributed by atoms with E-state index in [0.717, 1.165) is 0 Å². The molecule has 0 bridgehead atoms. The van der Waals surface area contributed by atoms with Crippen LogP contribution in [0.4, 0.5) is 0 Å². The molecule has 2 heteroatoms. The van der Waals surface area contributed by atoms with Gasteiger partial charge in [0.25, 0.3) is 0 Å². The second-order valence-electron chi connectivity index (χ2n) is 0.316. The number of aliphatic hydroxyl groups excluding tert-OH is 1. The van der Waals surface area contributed by atoms with E-state index < -0.39 is 0 Å². The first kappa shape index (κ1) is 8.85. The molecule has 0 aliphatic heterocycles. The summed E-state index contributed by atoms with van der Waals surface area (Å²) in [4.78, 5) is 0. The minimum Gasteiger partial charge on any atom is -0.397 e. The van der Waals surface area contributed by atoms with Gasteiger partial charge in [-0.1, -0.05) is 0 Å². The molecular weight excluding hydrogens is 131 g/mol. The van der Waals surface area contributed by atoms with E-state index in [2.05, 4.69) is 0 Å². The van der Waals surface area contributed by atoms with Crippen molar-refractivity contribution in [1.82, 2.24) is 0 Å². The van der Waals surface area contributed by atoms with Crippen molar-refractivity contribution in [2.45, 2.75) is 6.92 Å². The molecule has 1 nitrogen and oxygen atoms in total. The van der Waals surface area contributed by atoms with Crippen molar-refractivity contribution in [2.75, 3.05) is 6.61 Å². The van der Waals surface area contributed by atoms with Gasteiger partial charge in [0.2, 0.25) is 0 Å². The third-order valence-corrected chi connectivity index (χ3v) is 0. The smallest absolute Gasteiger partial charge is 0.397 e. The summed E-state index contributed by atoms with van der Waals surface area (Å²) in [6.45, 7) is 1.93. The van der Waals surface area contributed by atoms with E-state index in [1.807, 2.05) is 0 Å². The number of rotatable bonds is 0. The van der Waals surface area contributed by atoms with Gasteiger partial charge in [-0.05, 0) is 6.92 Å². The average Bonchev–Trinajstić information content (AvgIpc) is 0.918. The molecule has 0 aromatic carbocycles. The van der Waals surface area contributed by atoms with Crippen LogP contribution in [0.2, 0.25) is 0 Å². The van der Waals surface area contributed by atoms with Crippen LogP contribution in [0.25, 0.3) is 0 Å². The fraction of sp³-hybridized carbons (Fsp3) is 1.00. The summed E-state index contributed by atoms with van der Waals surface area (Å²) in [6.07, 6.45) is 0. The summed E-state index contributed by atoms with van der Waals surface area (Å²) in [5.74, 6) is 0. The summed E-state index contributed by atoms with van der Waals surface area (Å²) in [5.41, 5.74) is 0. The van der Waals surface area contributed by atoms with E-state index in [4.69, 9.17) is 5.11 Å². The zero-order valence-corrected chi connectivity index (χ0v) is 5.11. The Labute approximate surface area is 45.1 Å². The molecule has 0 aliphatic carbocycles. The fourth-order valence-electron chi connectivity index (χ4n) is 0. The van der Waals surface area contributed by atoms with Gasteiger partial charge in [0.1, 0.15) is 0 Å². The molecule has 0 saturated carbocycles. The molecule has 0 rings (SSSR count). The van der Waals surface area contributed by atoms with E-state index >= 15 is 0 Å². The molecule has 20 valence electrons. The Hall–Kier alpha value is 0.843. The summed E-state index contributed by atoms with van der Waals surface area (Å²) in [6, 6.07) is 0. The van der Waals surface area contributed by atoms with Gasteiger partial charge >= 0.3 is 26.2 Å². The van der Waals surface area contributed by atoms with Gasteiger partial charge in [-0.25, -0.2) is 0 Å². The molecule has 0 spiro atoms. The molecule has 0 unspecified atom stereocenters. The van der Waals surface area contributed by atoms with E-state index in [9.17, 15) is 0 Å². The third kappa shape index (κ3) is 13.6. The molecule has 1 N–H and O–H groups in total. The minimum atomic E-state index is 0. The Morgan fingerprint density at radius 2 is 1.75 bits per heavy atom. The van der Waals surface area contributed by atoms with Gasteiger partial charge in [0.15, 0.2) is 0 Å². The maximum absolute atomic E-state index is 7.57. The zero-order chi connectivity index (χ0) is 2.71. The van der Waals surface area contributed by atoms with Crippen LogP contribution in [0.1, 0.15) is 6.92 Å². The Balaban J connectivity index is 0. The molecule has 0 aromatic heterocycles. The number of hydrogen-bond donors (Lipinski definition) is 1. The van der Waals surface area contributed by atoms with Gasteiger partial charge in [-0.2, -0.15) is 0 Å². The van der Waals surface area contributed by atoms with Crippen LogP contribution in [-0.2, 0) is 26.2 Å². The minimum absolute atomic E-state index is 0. The fourth-order valence-corrected chi connectivity index (χ4v) is 0. The molecule has 0 atom stereocenters. The van der Waals surface area contributed by atoms with Gasteiger partial charge in [0, 0.05) is 6.61 Å². The topological polar surface area (TPSA) is 20.2 Å². The predicted molar refractivity (Wildman–Crippen MR) is 12.8 cm³/mol. The van der Waals surface area contributed by atoms with Crippen LogP contribution >= 0.6 is 0 Å². The van der Waals surface area contributed by atoms with E-state index in [-0.39, 0.29) is 32.8 Å². The van der Waals surface area contributed by atoms with Crippen molar-refractivity contribution in [3.8, 4) is 0 Å². The number of hydrogen-bond acceptors (Lipinski definition) is 1. The summed E-state index contributed by atoms with van der Waals surface area (Å²) >= 11 is 0. The van der Waals surface area contributed by atoms with Crippen LogP contribution in [-0.4, -0.2) is 11.7 Å². The third-order valence-electron chi connectivity index (χ3n) is 0. The quantitative estimate of drug-likeness (QED) is 0.498. The molecule has 0 amide bonds. The molecular formula is C2H6OZr+4. The second kappa shape index (κ2) is 9.14. The molecule has 4 heavy (non-hydrogen) atoms. The summed E-state index contributed by atoms with van der Waals surface area (Å²) in [7, 11) is 0. The molecule has 0 radical (unpaired) electrons. The summed E-state index contributed by atoms with van der Waals surface area (Å²) < 4.78 is 0. The van der Waals surface area contributed by atoms with Crippen LogP contribution in [0.3, 0.4) is 0 Å². The molecule has 0 fully saturated rings. The molecule has 0 aliphatic rings. The van der Waals surface area contributed by atoms with Crippen molar-refractivity contribution in [2.24, 2.45) is 0 Å². The maximum atomic E-state index is 7.57. The van der Waals surface area contributed by atoms with Crippen molar-refractivity contribution >= 4 is 0 Å². The standard InChI is InChI=1S/C2H6O.Zr/c1-2-3;/h3H,2H2,1H3;/q;+4. The Morgan fingerprint density at radius 1 is 1.75 bits per heavy atom. The van der Waals surface area contributed by atoms with Crippen molar-refractivity contribution < 1.29 is 31.3 Å². The maximum Gasteiger partial charge on any atom is 4.00 e. The zero-order valence-electron chi connectivity index (χ0n) is 2.65. The molecule has 0 aromatic rings. The normalized spacial score (nSPS) is 4.50. The van der Waals surface area contributed by atoms with Gasteiger partial charge in [-0.15, -0.1) is 0 Å². The predicted octanol–water partition coefficient (Wildman–Crippen LogP) is -0.00390. The Bertz CT molecular complexity index is 6.00. The van der Waals surface area contributed by atoms with Crippen LogP contribution in [0, 0.1) is 0 Å². The van der Waals surface area contributed by atoms with Gasteiger partial charge in [-0.3, -0.25) is 0 Å². The first-order chi connectivity index (χ1) is 1.41. The Kier molecular flexibility index (Phi) is 20.2. The first-order valence-electron chi connectivity index (χ1n) is 1.02. The molecule has 0 heterocycles. The summed E-state index contributed by atoms with van der Waals surface area (Å²) in [5, 5.41) is 7.57. The SMILES string of the molecule is CCO.[Zr+4]. The van der Waals surface area contributed by atoms with Crippen LogP contribution < -0.4 is 0 Å². The monoisotopic (exact) mass is 136 g/mol. The van der Waals surface area contributed by atoms with Gasteiger partial charge < -0.3 is 5.11 Å². The first-order valence-corrected chi connectivity index (χ1v) is 1.02.